The van der Waals surface area contributed by atoms with Crippen molar-refractivity contribution in [1.29, 1.82) is 0 Å². The molecule has 2 N–H and O–H groups in total. The van der Waals surface area contributed by atoms with E-state index in [1.807, 2.05) is 0 Å². The van der Waals surface area contributed by atoms with Crippen molar-refractivity contribution in [2.75, 3.05) is 11.4 Å². The fraction of sp³-hybridized carbons (Fsp3) is 0.357. The van der Waals surface area contributed by atoms with E-state index in [1.54, 1.807) is 29.2 Å². The monoisotopic (exact) mass is 276 g/mol. The Hall–Kier alpha value is -2.37. The maximum absolute atomic E-state index is 11.9. The minimum absolute atomic E-state index is 0.0430. The molecule has 0 radical (unpaired) electrons. The number of benzene rings is 1. The molecule has 1 aromatic carbocycles. The highest BCUT2D eigenvalue weighted by Gasteiger charge is 2.22. The Morgan fingerprint density at radius 3 is 2.75 bits per heavy atom. The van der Waals surface area contributed by atoms with E-state index in [4.69, 9.17) is 5.11 Å². The number of hydrogen-bond acceptors (Lipinski definition) is 3. The van der Waals surface area contributed by atoms with Crippen LogP contribution >= 0.6 is 0 Å². The first-order valence-electron chi connectivity index (χ1n) is 6.43. The molecular formula is C14H16N2O4. The van der Waals surface area contributed by atoms with Crippen LogP contribution in [0.2, 0.25) is 0 Å². The van der Waals surface area contributed by atoms with E-state index in [-0.39, 0.29) is 5.91 Å². The number of carboxylic acid groups (broad SMARTS) is 1. The molecule has 1 saturated heterocycles. The third kappa shape index (κ3) is 2.96. The molecular weight excluding hydrogens is 260 g/mol. The minimum atomic E-state index is -1.09. The largest absolute Gasteiger partial charge is 0.480 e. The Morgan fingerprint density at radius 2 is 2.15 bits per heavy atom. The predicted molar refractivity (Wildman–Crippen MR) is 72.6 cm³/mol. The van der Waals surface area contributed by atoms with E-state index in [2.05, 4.69) is 5.32 Å². The number of carboxylic acids is 1. The summed E-state index contributed by atoms with van der Waals surface area (Å²) >= 11 is 0. The number of amides is 2. The molecule has 0 bridgehead atoms. The lowest BCUT2D eigenvalue weighted by molar-refractivity contribution is -0.138. The van der Waals surface area contributed by atoms with Crippen LogP contribution in [0.1, 0.15) is 30.1 Å². The first kappa shape index (κ1) is 14.0. The van der Waals surface area contributed by atoms with Crippen LogP contribution in [0.5, 0.6) is 0 Å². The average Bonchev–Trinajstić information content (AvgIpc) is 2.85. The number of nitrogens with zero attached hydrogens (tertiary/aromatic N) is 1. The topological polar surface area (TPSA) is 86.7 Å². The zero-order valence-corrected chi connectivity index (χ0v) is 11.1. The van der Waals surface area contributed by atoms with E-state index in [0.29, 0.717) is 24.2 Å². The van der Waals surface area contributed by atoms with Gasteiger partial charge in [0.25, 0.3) is 5.91 Å². The van der Waals surface area contributed by atoms with Gasteiger partial charge in [-0.25, -0.2) is 0 Å². The third-order valence-corrected chi connectivity index (χ3v) is 3.21. The molecule has 1 unspecified atom stereocenters. The van der Waals surface area contributed by atoms with Crippen LogP contribution < -0.4 is 10.2 Å². The van der Waals surface area contributed by atoms with Crippen LogP contribution in [-0.4, -0.2) is 35.5 Å². The van der Waals surface area contributed by atoms with Crippen LogP contribution in [0.25, 0.3) is 0 Å². The van der Waals surface area contributed by atoms with Gasteiger partial charge in [0.2, 0.25) is 5.91 Å². The maximum atomic E-state index is 11.9. The number of carbonyl (C=O) groups is 3. The average molecular weight is 276 g/mol. The second kappa shape index (κ2) is 5.73. The molecule has 1 aromatic rings. The highest BCUT2D eigenvalue weighted by Crippen LogP contribution is 2.22. The van der Waals surface area contributed by atoms with Gasteiger partial charge in [-0.05, 0) is 31.5 Å². The molecule has 0 saturated carbocycles. The van der Waals surface area contributed by atoms with Gasteiger partial charge in [0.15, 0.2) is 0 Å². The fourth-order valence-corrected chi connectivity index (χ4v) is 2.08. The molecule has 1 aliphatic heterocycles. The normalized spacial score (nSPS) is 16.1. The molecule has 20 heavy (non-hydrogen) atoms. The van der Waals surface area contributed by atoms with Crippen LogP contribution in [0.3, 0.4) is 0 Å². The third-order valence-electron chi connectivity index (χ3n) is 3.21. The highest BCUT2D eigenvalue weighted by atomic mass is 16.4. The molecule has 6 nitrogen and oxygen atoms in total. The number of nitrogens with one attached hydrogen (secondary N) is 1. The number of hydrogen-bond donors (Lipinski definition) is 2. The van der Waals surface area contributed by atoms with Crippen molar-refractivity contribution in [2.24, 2.45) is 0 Å². The first-order valence-corrected chi connectivity index (χ1v) is 6.43. The zero-order valence-electron chi connectivity index (χ0n) is 11.1. The summed E-state index contributed by atoms with van der Waals surface area (Å²) in [6.45, 7) is 2.05. The lowest BCUT2D eigenvalue weighted by Crippen LogP contribution is -2.38. The Kier molecular flexibility index (Phi) is 4.02. The number of anilines is 1. The summed E-state index contributed by atoms with van der Waals surface area (Å²) in [4.78, 5) is 36.0. The second-order valence-corrected chi connectivity index (χ2v) is 4.73. The summed E-state index contributed by atoms with van der Waals surface area (Å²) in [5.74, 6) is -1.51. The minimum Gasteiger partial charge on any atom is -0.480 e. The van der Waals surface area contributed by atoms with Gasteiger partial charge >= 0.3 is 5.97 Å². The lowest BCUT2D eigenvalue weighted by Gasteiger charge is -2.17. The molecule has 0 spiro atoms. The van der Waals surface area contributed by atoms with Gasteiger partial charge in [-0.3, -0.25) is 14.4 Å². The summed E-state index contributed by atoms with van der Waals surface area (Å²) < 4.78 is 0. The van der Waals surface area contributed by atoms with Crippen LogP contribution in [0, 0.1) is 0 Å². The van der Waals surface area contributed by atoms with Crippen molar-refractivity contribution < 1.29 is 19.5 Å². The zero-order chi connectivity index (χ0) is 14.7. The van der Waals surface area contributed by atoms with Crippen molar-refractivity contribution in [1.82, 2.24) is 5.32 Å². The molecule has 1 fully saturated rings. The Balaban J connectivity index is 2.15. The van der Waals surface area contributed by atoms with E-state index in [9.17, 15) is 14.4 Å². The molecule has 2 amide bonds. The molecule has 1 aliphatic rings. The van der Waals surface area contributed by atoms with E-state index in [0.717, 1.165) is 6.42 Å². The highest BCUT2D eigenvalue weighted by molar-refractivity contribution is 6.00. The van der Waals surface area contributed by atoms with E-state index < -0.39 is 17.9 Å². The van der Waals surface area contributed by atoms with Crippen LogP contribution in [0.4, 0.5) is 5.69 Å². The number of aliphatic carboxylic acids is 1. The van der Waals surface area contributed by atoms with E-state index in [1.165, 1.54) is 6.92 Å². The molecule has 1 heterocycles. The Morgan fingerprint density at radius 1 is 1.40 bits per heavy atom. The SMILES string of the molecule is CC(NC(=O)c1cccc(N2CCCC2=O)c1)C(=O)O. The van der Waals surface area contributed by atoms with Gasteiger partial charge in [0.1, 0.15) is 6.04 Å². The summed E-state index contributed by atoms with van der Waals surface area (Å²) in [5, 5.41) is 11.2. The summed E-state index contributed by atoms with van der Waals surface area (Å²) in [6.07, 6.45) is 1.33. The molecule has 2 rings (SSSR count). The fourth-order valence-electron chi connectivity index (χ4n) is 2.08. The van der Waals surface area contributed by atoms with Gasteiger partial charge in [-0.15, -0.1) is 0 Å². The van der Waals surface area contributed by atoms with Gasteiger partial charge in [-0.2, -0.15) is 0 Å². The van der Waals surface area contributed by atoms with Crippen LogP contribution in [0.15, 0.2) is 24.3 Å². The van der Waals surface area contributed by atoms with Gasteiger partial charge < -0.3 is 15.3 Å². The maximum Gasteiger partial charge on any atom is 0.325 e. The molecule has 1 atom stereocenters. The molecule has 0 aromatic heterocycles. The number of rotatable bonds is 4. The lowest BCUT2D eigenvalue weighted by atomic mass is 10.1. The van der Waals surface area contributed by atoms with E-state index >= 15 is 0 Å². The van der Waals surface area contributed by atoms with Crippen molar-refractivity contribution in [3.05, 3.63) is 29.8 Å². The molecule has 6 heteroatoms. The van der Waals surface area contributed by atoms with Crippen molar-refractivity contribution in [2.45, 2.75) is 25.8 Å². The first-order chi connectivity index (χ1) is 9.49. The van der Waals surface area contributed by atoms with Crippen LogP contribution in [-0.2, 0) is 9.59 Å². The Bertz CT molecular complexity index is 556. The second-order valence-electron chi connectivity index (χ2n) is 4.73. The summed E-state index contributed by atoms with van der Waals surface area (Å²) in [5.41, 5.74) is 1.01. The van der Waals surface area contributed by atoms with Crippen molar-refractivity contribution >= 4 is 23.5 Å². The van der Waals surface area contributed by atoms with Gasteiger partial charge in [0, 0.05) is 24.2 Å². The molecule has 0 aliphatic carbocycles. The van der Waals surface area contributed by atoms with Gasteiger partial charge in [-0.1, -0.05) is 6.07 Å². The standard InChI is InChI=1S/C14H16N2O4/c1-9(14(19)20)15-13(18)10-4-2-5-11(8-10)16-7-3-6-12(16)17/h2,4-5,8-9H,3,6-7H2,1H3,(H,15,18)(H,19,20). The van der Waals surface area contributed by atoms with Crippen molar-refractivity contribution in [3.63, 3.8) is 0 Å². The summed E-state index contributed by atoms with van der Waals surface area (Å²) in [7, 11) is 0. The van der Waals surface area contributed by atoms with Gasteiger partial charge in [0.05, 0.1) is 0 Å². The smallest absolute Gasteiger partial charge is 0.325 e. The molecule has 106 valence electrons. The quantitative estimate of drug-likeness (QED) is 0.859. The number of carbonyl (C=O) groups excluding carboxylic acids is 2. The predicted octanol–water partition coefficient (Wildman–Crippen LogP) is 1.02. The summed E-state index contributed by atoms with van der Waals surface area (Å²) in [6, 6.07) is 5.68. The van der Waals surface area contributed by atoms with Crippen molar-refractivity contribution in [3.8, 4) is 0 Å². The Labute approximate surface area is 116 Å².